The Balaban J connectivity index is 1.92. The van der Waals surface area contributed by atoms with E-state index in [9.17, 15) is 0 Å². The number of oxazole rings is 1. The van der Waals surface area contributed by atoms with E-state index >= 15 is 0 Å². The van der Waals surface area contributed by atoms with Gasteiger partial charge in [0.05, 0.1) is 0 Å². The van der Waals surface area contributed by atoms with Crippen molar-refractivity contribution in [2.75, 3.05) is 12.3 Å². The Hall–Kier alpha value is -1.55. The second kappa shape index (κ2) is 4.98. The number of aromatic nitrogens is 1. The standard InChI is InChI=1S/C14H20N2O2/c1-14(2,3)6-7-17-9-13-16-11-8-10(15)4-5-12(11)18-13/h4-5,8H,6-7,9,15H2,1-3H3. The molecule has 0 aliphatic carbocycles. The molecule has 0 atom stereocenters. The van der Waals surface area contributed by atoms with Crippen molar-refractivity contribution in [2.45, 2.75) is 33.8 Å². The van der Waals surface area contributed by atoms with E-state index in [4.69, 9.17) is 14.9 Å². The first-order valence-electron chi connectivity index (χ1n) is 6.17. The van der Waals surface area contributed by atoms with E-state index in [2.05, 4.69) is 25.8 Å². The molecule has 2 aromatic rings. The molecule has 0 fully saturated rings. The monoisotopic (exact) mass is 248 g/mol. The molecule has 0 aliphatic heterocycles. The zero-order valence-corrected chi connectivity index (χ0v) is 11.2. The minimum atomic E-state index is 0.287. The van der Waals surface area contributed by atoms with Crippen molar-refractivity contribution in [1.82, 2.24) is 4.98 Å². The Morgan fingerprint density at radius 2 is 2.11 bits per heavy atom. The molecule has 2 N–H and O–H groups in total. The van der Waals surface area contributed by atoms with Crippen LogP contribution < -0.4 is 5.73 Å². The molecule has 2 rings (SSSR count). The van der Waals surface area contributed by atoms with Crippen LogP contribution in [0.1, 0.15) is 33.1 Å². The SMILES string of the molecule is CC(C)(C)CCOCc1nc2cc(N)ccc2o1. The lowest BCUT2D eigenvalue weighted by Crippen LogP contribution is -2.09. The van der Waals surface area contributed by atoms with E-state index in [1.807, 2.05) is 6.07 Å². The van der Waals surface area contributed by atoms with Gasteiger partial charge in [-0.25, -0.2) is 4.98 Å². The molecule has 1 aromatic carbocycles. The lowest BCUT2D eigenvalue weighted by molar-refractivity contribution is 0.0824. The molecule has 4 heteroatoms. The predicted octanol–water partition coefficient (Wildman–Crippen LogP) is 3.36. The molecule has 1 aromatic heterocycles. The number of hydrogen-bond acceptors (Lipinski definition) is 4. The van der Waals surface area contributed by atoms with Crippen molar-refractivity contribution in [1.29, 1.82) is 0 Å². The van der Waals surface area contributed by atoms with Crippen LogP contribution in [0.2, 0.25) is 0 Å². The Bertz CT molecular complexity index is 526. The lowest BCUT2D eigenvalue weighted by Gasteiger charge is -2.17. The number of anilines is 1. The number of ether oxygens (including phenoxy) is 1. The van der Waals surface area contributed by atoms with E-state index in [-0.39, 0.29) is 5.41 Å². The molecule has 98 valence electrons. The largest absolute Gasteiger partial charge is 0.438 e. The van der Waals surface area contributed by atoms with E-state index in [0.29, 0.717) is 24.8 Å². The smallest absolute Gasteiger partial charge is 0.221 e. The summed E-state index contributed by atoms with van der Waals surface area (Å²) in [6.45, 7) is 7.70. The molecule has 0 radical (unpaired) electrons. The number of fused-ring (bicyclic) bond motifs is 1. The first kappa shape index (κ1) is 12.9. The summed E-state index contributed by atoms with van der Waals surface area (Å²) in [7, 11) is 0. The van der Waals surface area contributed by atoms with Gasteiger partial charge in [0.2, 0.25) is 5.89 Å². The highest BCUT2D eigenvalue weighted by Gasteiger charge is 2.10. The average Bonchev–Trinajstić information content (AvgIpc) is 2.65. The third kappa shape index (κ3) is 3.47. The van der Waals surface area contributed by atoms with Crippen LogP contribution in [0.25, 0.3) is 11.1 Å². The maximum absolute atomic E-state index is 5.69. The summed E-state index contributed by atoms with van der Waals surface area (Å²) in [5, 5.41) is 0. The van der Waals surface area contributed by atoms with Gasteiger partial charge in [0.15, 0.2) is 5.58 Å². The highest BCUT2D eigenvalue weighted by atomic mass is 16.5. The minimum Gasteiger partial charge on any atom is -0.438 e. The second-order valence-corrected chi connectivity index (χ2v) is 5.70. The van der Waals surface area contributed by atoms with Crippen molar-refractivity contribution in [3.8, 4) is 0 Å². The van der Waals surface area contributed by atoms with Crippen molar-refractivity contribution in [3.05, 3.63) is 24.1 Å². The molecule has 0 saturated carbocycles. The fourth-order valence-electron chi connectivity index (χ4n) is 1.59. The minimum absolute atomic E-state index is 0.287. The number of benzene rings is 1. The third-order valence-corrected chi connectivity index (χ3v) is 2.68. The zero-order valence-electron chi connectivity index (χ0n) is 11.2. The number of nitrogen functional groups attached to an aromatic ring is 1. The summed E-state index contributed by atoms with van der Waals surface area (Å²) < 4.78 is 11.1. The van der Waals surface area contributed by atoms with Gasteiger partial charge in [-0.3, -0.25) is 0 Å². The molecule has 0 bridgehead atoms. The van der Waals surface area contributed by atoms with Gasteiger partial charge >= 0.3 is 0 Å². The third-order valence-electron chi connectivity index (χ3n) is 2.68. The number of nitrogens with zero attached hydrogens (tertiary/aromatic N) is 1. The van der Waals surface area contributed by atoms with Gasteiger partial charge in [0.1, 0.15) is 12.1 Å². The first-order valence-corrected chi connectivity index (χ1v) is 6.17. The zero-order chi connectivity index (χ0) is 13.2. The summed E-state index contributed by atoms with van der Waals surface area (Å²) in [5.74, 6) is 0.601. The summed E-state index contributed by atoms with van der Waals surface area (Å²) >= 11 is 0. The van der Waals surface area contributed by atoms with Crippen LogP contribution in [0.15, 0.2) is 22.6 Å². The van der Waals surface area contributed by atoms with Crippen molar-refractivity contribution in [2.24, 2.45) is 5.41 Å². The number of rotatable bonds is 4. The number of nitrogens with two attached hydrogens (primary N) is 1. The predicted molar refractivity (Wildman–Crippen MR) is 72.1 cm³/mol. The first-order chi connectivity index (χ1) is 8.44. The highest BCUT2D eigenvalue weighted by molar-refractivity contribution is 5.76. The molecule has 0 aliphatic rings. The summed E-state index contributed by atoms with van der Waals surface area (Å²) in [4.78, 5) is 4.34. The van der Waals surface area contributed by atoms with Crippen LogP contribution in [-0.2, 0) is 11.3 Å². The second-order valence-electron chi connectivity index (χ2n) is 5.70. The molecule has 18 heavy (non-hydrogen) atoms. The van der Waals surface area contributed by atoms with Crippen molar-refractivity contribution < 1.29 is 9.15 Å². The molecule has 4 nitrogen and oxygen atoms in total. The van der Waals surface area contributed by atoms with E-state index < -0.39 is 0 Å². The molecular weight excluding hydrogens is 228 g/mol. The van der Waals surface area contributed by atoms with Gasteiger partial charge in [0, 0.05) is 12.3 Å². The molecule has 0 spiro atoms. The molecule has 0 saturated heterocycles. The maximum atomic E-state index is 5.69. The Labute approximate surface area is 107 Å². The fraction of sp³-hybridized carbons (Fsp3) is 0.500. The van der Waals surface area contributed by atoms with Gasteiger partial charge in [-0.2, -0.15) is 0 Å². The van der Waals surface area contributed by atoms with Crippen LogP contribution in [0.4, 0.5) is 5.69 Å². The molecule has 1 heterocycles. The van der Waals surface area contributed by atoms with Gasteiger partial charge < -0.3 is 14.9 Å². The van der Waals surface area contributed by atoms with Crippen molar-refractivity contribution in [3.63, 3.8) is 0 Å². The van der Waals surface area contributed by atoms with Crippen LogP contribution in [-0.4, -0.2) is 11.6 Å². The van der Waals surface area contributed by atoms with Gasteiger partial charge in [0.25, 0.3) is 0 Å². The quantitative estimate of drug-likeness (QED) is 0.665. The normalized spacial score (nSPS) is 12.2. The average molecular weight is 248 g/mol. The van der Waals surface area contributed by atoms with Crippen molar-refractivity contribution >= 4 is 16.8 Å². The lowest BCUT2D eigenvalue weighted by atomic mass is 9.93. The van der Waals surface area contributed by atoms with E-state index in [1.165, 1.54) is 0 Å². The summed E-state index contributed by atoms with van der Waals surface area (Å²) in [6, 6.07) is 5.44. The Morgan fingerprint density at radius 1 is 1.33 bits per heavy atom. The summed E-state index contributed by atoms with van der Waals surface area (Å²) in [5.41, 5.74) is 8.20. The number of hydrogen-bond donors (Lipinski definition) is 1. The summed E-state index contributed by atoms with van der Waals surface area (Å²) in [6.07, 6.45) is 1.01. The molecular formula is C14H20N2O2. The van der Waals surface area contributed by atoms with Crippen LogP contribution in [0, 0.1) is 5.41 Å². The van der Waals surface area contributed by atoms with Crippen LogP contribution in [0.5, 0.6) is 0 Å². The van der Waals surface area contributed by atoms with Crippen LogP contribution in [0.3, 0.4) is 0 Å². The topological polar surface area (TPSA) is 61.3 Å². The van der Waals surface area contributed by atoms with Gasteiger partial charge in [-0.1, -0.05) is 20.8 Å². The maximum Gasteiger partial charge on any atom is 0.221 e. The molecule has 0 amide bonds. The van der Waals surface area contributed by atoms with Crippen LogP contribution >= 0.6 is 0 Å². The Morgan fingerprint density at radius 3 is 2.83 bits per heavy atom. The molecule has 0 unspecified atom stereocenters. The fourth-order valence-corrected chi connectivity index (χ4v) is 1.59. The Kier molecular flexibility index (Phi) is 3.57. The van der Waals surface area contributed by atoms with Gasteiger partial charge in [-0.15, -0.1) is 0 Å². The van der Waals surface area contributed by atoms with E-state index in [1.54, 1.807) is 12.1 Å². The van der Waals surface area contributed by atoms with Gasteiger partial charge in [-0.05, 0) is 30.0 Å². The highest BCUT2D eigenvalue weighted by Crippen LogP contribution is 2.20. The van der Waals surface area contributed by atoms with E-state index in [0.717, 1.165) is 17.5 Å².